The molecule has 0 saturated carbocycles. The molecule has 2 aromatic carbocycles. The van der Waals surface area contributed by atoms with Crippen LogP contribution in [0.2, 0.25) is 0 Å². The molecule has 0 bridgehead atoms. The molecule has 3 nitrogen and oxygen atoms in total. The Balaban J connectivity index is 1.89. The number of aryl methyl sites for hydroxylation is 1. The number of carbonyl (C=O) groups is 2. The number of ketones is 1. The number of rotatable bonds is 3. The predicted octanol–water partition coefficient (Wildman–Crippen LogP) is 3.66. The molecule has 3 heteroatoms. The highest BCUT2D eigenvalue weighted by molar-refractivity contribution is 5.97. The first-order chi connectivity index (χ1) is 10.1. The van der Waals surface area contributed by atoms with Crippen LogP contribution in [0.4, 0.5) is 0 Å². The first-order valence-electron chi connectivity index (χ1n) is 7.03. The molecule has 0 saturated heterocycles. The fourth-order valence-electron chi connectivity index (χ4n) is 2.75. The van der Waals surface area contributed by atoms with Crippen molar-refractivity contribution >= 4 is 11.8 Å². The summed E-state index contributed by atoms with van der Waals surface area (Å²) in [6.07, 6.45) is 0.588. The summed E-state index contributed by atoms with van der Waals surface area (Å²) in [6, 6.07) is 15.0. The van der Waals surface area contributed by atoms with Crippen LogP contribution < -0.4 is 4.74 Å². The van der Waals surface area contributed by atoms with Crippen molar-refractivity contribution in [3.8, 4) is 5.75 Å². The Kier molecular flexibility index (Phi) is 3.57. The molecule has 2 aromatic rings. The Morgan fingerprint density at radius 3 is 2.67 bits per heavy atom. The van der Waals surface area contributed by atoms with Gasteiger partial charge in [0.15, 0.2) is 5.78 Å². The van der Waals surface area contributed by atoms with Gasteiger partial charge in [0.25, 0.3) is 0 Å². The van der Waals surface area contributed by atoms with Crippen LogP contribution in [-0.2, 0) is 4.79 Å². The molecule has 1 aliphatic heterocycles. The van der Waals surface area contributed by atoms with Gasteiger partial charge >= 0.3 is 5.97 Å². The Bertz CT molecular complexity index is 689. The van der Waals surface area contributed by atoms with Crippen LogP contribution in [0.15, 0.2) is 48.5 Å². The maximum absolute atomic E-state index is 12.4. The topological polar surface area (TPSA) is 43.4 Å². The van der Waals surface area contributed by atoms with E-state index in [9.17, 15) is 9.59 Å². The van der Waals surface area contributed by atoms with E-state index in [0.717, 1.165) is 11.1 Å². The Labute approximate surface area is 123 Å². The number of Topliss-reactive ketones (excluding diaryl/α,β-unsaturated/α-hetero) is 1. The van der Waals surface area contributed by atoms with Crippen LogP contribution in [0.3, 0.4) is 0 Å². The smallest absolute Gasteiger partial charge is 0.311 e. The number of benzene rings is 2. The minimum absolute atomic E-state index is 0.0581. The van der Waals surface area contributed by atoms with Gasteiger partial charge in [-0.1, -0.05) is 48.5 Å². The van der Waals surface area contributed by atoms with Crippen molar-refractivity contribution in [3.63, 3.8) is 0 Å². The number of ether oxygens (including phenoxy) is 1. The molecule has 1 aliphatic rings. The van der Waals surface area contributed by atoms with Gasteiger partial charge in [-0.15, -0.1) is 0 Å². The number of hydrogen-bond acceptors (Lipinski definition) is 3. The van der Waals surface area contributed by atoms with Gasteiger partial charge in [0.1, 0.15) is 5.75 Å². The molecule has 0 fully saturated rings. The normalized spacial score (nSPS) is 17.0. The van der Waals surface area contributed by atoms with Crippen molar-refractivity contribution in [3.05, 3.63) is 65.2 Å². The van der Waals surface area contributed by atoms with Crippen LogP contribution in [-0.4, -0.2) is 11.8 Å². The number of hydrogen-bond donors (Lipinski definition) is 0. The Morgan fingerprint density at radius 1 is 1.14 bits per heavy atom. The summed E-state index contributed by atoms with van der Waals surface area (Å²) >= 11 is 0. The first kappa shape index (κ1) is 13.6. The number of fused-ring (bicyclic) bond motifs is 1. The summed E-state index contributed by atoms with van der Waals surface area (Å²) in [5, 5.41) is 0. The predicted molar refractivity (Wildman–Crippen MR) is 79.6 cm³/mol. The zero-order valence-electron chi connectivity index (χ0n) is 11.8. The van der Waals surface area contributed by atoms with Gasteiger partial charge in [-0.05, 0) is 18.1 Å². The molecule has 0 radical (unpaired) electrons. The van der Waals surface area contributed by atoms with Crippen molar-refractivity contribution in [1.82, 2.24) is 0 Å². The summed E-state index contributed by atoms with van der Waals surface area (Å²) in [6.45, 7) is 1.91. The highest BCUT2D eigenvalue weighted by Crippen LogP contribution is 2.38. The average molecular weight is 280 g/mol. The third kappa shape index (κ3) is 2.72. The number of para-hydroxylation sites is 1. The molecular formula is C18H16O3. The minimum atomic E-state index is -0.261. The molecule has 0 aromatic heterocycles. The zero-order chi connectivity index (χ0) is 14.8. The molecule has 3 rings (SSSR count). The van der Waals surface area contributed by atoms with Gasteiger partial charge in [0, 0.05) is 17.9 Å². The van der Waals surface area contributed by atoms with E-state index < -0.39 is 0 Å². The second kappa shape index (κ2) is 5.52. The summed E-state index contributed by atoms with van der Waals surface area (Å²) in [4.78, 5) is 24.1. The Hall–Kier alpha value is -2.42. The lowest BCUT2D eigenvalue weighted by Crippen LogP contribution is -2.22. The van der Waals surface area contributed by atoms with Gasteiger partial charge in [-0.2, -0.15) is 0 Å². The molecule has 106 valence electrons. The molecule has 0 N–H and O–H groups in total. The molecule has 1 heterocycles. The third-order valence-electron chi connectivity index (χ3n) is 3.84. The summed E-state index contributed by atoms with van der Waals surface area (Å²) < 4.78 is 5.33. The lowest BCUT2D eigenvalue weighted by atomic mass is 9.86. The van der Waals surface area contributed by atoms with Gasteiger partial charge in [0.05, 0.1) is 6.42 Å². The van der Waals surface area contributed by atoms with E-state index in [-0.39, 0.29) is 24.1 Å². The summed E-state index contributed by atoms with van der Waals surface area (Å²) in [5.74, 6) is 0.318. The molecule has 21 heavy (non-hydrogen) atoms. The molecule has 1 unspecified atom stereocenters. The van der Waals surface area contributed by atoms with Crippen LogP contribution in [0.5, 0.6) is 5.75 Å². The standard InChI is InChI=1S/C18H16O3/c1-12-6-5-9-15-14(11-17(20)21-18(12)15)10-16(19)13-7-3-2-4-8-13/h2-9,14H,10-11H2,1H3. The van der Waals surface area contributed by atoms with Crippen molar-refractivity contribution in [1.29, 1.82) is 0 Å². The van der Waals surface area contributed by atoms with E-state index in [0.29, 0.717) is 17.7 Å². The SMILES string of the molecule is Cc1cccc2c1OC(=O)CC2CC(=O)c1ccccc1. The largest absolute Gasteiger partial charge is 0.426 e. The summed E-state index contributed by atoms with van der Waals surface area (Å²) in [7, 11) is 0. The maximum atomic E-state index is 12.4. The maximum Gasteiger partial charge on any atom is 0.311 e. The summed E-state index contributed by atoms with van der Waals surface area (Å²) in [5.41, 5.74) is 2.57. The second-order valence-electron chi connectivity index (χ2n) is 5.36. The van der Waals surface area contributed by atoms with Crippen molar-refractivity contribution < 1.29 is 14.3 Å². The van der Waals surface area contributed by atoms with E-state index in [1.165, 1.54) is 0 Å². The van der Waals surface area contributed by atoms with E-state index in [2.05, 4.69) is 0 Å². The molecule has 0 spiro atoms. The molecule has 0 amide bonds. The molecular weight excluding hydrogens is 264 g/mol. The van der Waals surface area contributed by atoms with Gasteiger partial charge in [-0.3, -0.25) is 9.59 Å². The highest BCUT2D eigenvalue weighted by Gasteiger charge is 2.29. The minimum Gasteiger partial charge on any atom is -0.426 e. The van der Waals surface area contributed by atoms with E-state index in [4.69, 9.17) is 4.74 Å². The number of esters is 1. The Morgan fingerprint density at radius 2 is 1.90 bits per heavy atom. The quantitative estimate of drug-likeness (QED) is 0.489. The van der Waals surface area contributed by atoms with E-state index in [1.54, 1.807) is 12.1 Å². The van der Waals surface area contributed by atoms with Crippen molar-refractivity contribution in [2.24, 2.45) is 0 Å². The lowest BCUT2D eigenvalue weighted by molar-refractivity contribution is -0.135. The number of carbonyl (C=O) groups excluding carboxylic acids is 2. The van der Waals surface area contributed by atoms with Crippen molar-refractivity contribution in [2.45, 2.75) is 25.7 Å². The van der Waals surface area contributed by atoms with Gasteiger partial charge in [-0.25, -0.2) is 0 Å². The molecule has 1 atom stereocenters. The van der Waals surface area contributed by atoms with E-state index in [1.807, 2.05) is 43.3 Å². The van der Waals surface area contributed by atoms with E-state index >= 15 is 0 Å². The zero-order valence-corrected chi connectivity index (χ0v) is 11.8. The highest BCUT2D eigenvalue weighted by atomic mass is 16.5. The monoisotopic (exact) mass is 280 g/mol. The molecule has 0 aliphatic carbocycles. The van der Waals surface area contributed by atoms with Crippen LogP contribution in [0, 0.1) is 6.92 Å². The van der Waals surface area contributed by atoms with Crippen molar-refractivity contribution in [2.75, 3.05) is 0 Å². The first-order valence-corrected chi connectivity index (χ1v) is 7.03. The fraction of sp³-hybridized carbons (Fsp3) is 0.222. The lowest BCUT2D eigenvalue weighted by Gasteiger charge is -2.25. The van der Waals surface area contributed by atoms with Crippen LogP contribution in [0.1, 0.15) is 40.2 Å². The fourth-order valence-corrected chi connectivity index (χ4v) is 2.75. The van der Waals surface area contributed by atoms with Crippen LogP contribution in [0.25, 0.3) is 0 Å². The third-order valence-corrected chi connectivity index (χ3v) is 3.84. The van der Waals surface area contributed by atoms with Gasteiger partial charge < -0.3 is 4.74 Å². The van der Waals surface area contributed by atoms with Gasteiger partial charge in [0.2, 0.25) is 0 Å². The second-order valence-corrected chi connectivity index (χ2v) is 5.36. The van der Waals surface area contributed by atoms with Crippen LogP contribution >= 0.6 is 0 Å². The average Bonchev–Trinajstić information content (AvgIpc) is 2.49.